The molecule has 3 heteroatoms. The first kappa shape index (κ1) is 10.3. The highest BCUT2D eigenvalue weighted by atomic mass is 35.5. The summed E-state index contributed by atoms with van der Waals surface area (Å²) in [5.74, 6) is 1.12. The van der Waals surface area contributed by atoms with Crippen LogP contribution in [-0.4, -0.2) is 4.98 Å². The Morgan fingerprint density at radius 1 is 1.36 bits per heavy atom. The Labute approximate surface area is 95.3 Å². The summed E-state index contributed by atoms with van der Waals surface area (Å²) in [6, 6.07) is 4.11. The largest absolute Gasteiger partial charge is 0.255 e. The van der Waals surface area contributed by atoms with Crippen molar-refractivity contribution >= 4 is 24.2 Å². The minimum Gasteiger partial charge on any atom is -0.255 e. The molecule has 76 valence electrons. The van der Waals surface area contributed by atoms with Crippen molar-refractivity contribution in [2.75, 3.05) is 0 Å². The van der Waals surface area contributed by atoms with Gasteiger partial charge in [0, 0.05) is 16.5 Å². The van der Waals surface area contributed by atoms with Crippen molar-refractivity contribution in [3.63, 3.8) is 0 Å². The maximum atomic E-state index is 5.80. The van der Waals surface area contributed by atoms with Crippen LogP contribution in [0.5, 0.6) is 0 Å². The molecule has 1 aromatic rings. The molecule has 1 aliphatic carbocycles. The molecule has 1 aromatic heterocycles. The molecule has 0 aliphatic heterocycles. The Morgan fingerprint density at radius 3 is 2.71 bits per heavy atom. The summed E-state index contributed by atoms with van der Waals surface area (Å²) in [5, 5.41) is 0. The van der Waals surface area contributed by atoms with Gasteiger partial charge in [-0.1, -0.05) is 12.8 Å². The van der Waals surface area contributed by atoms with Gasteiger partial charge in [0.15, 0.2) is 0 Å². The summed E-state index contributed by atoms with van der Waals surface area (Å²) >= 11 is 10.1. The highest BCUT2D eigenvalue weighted by molar-refractivity contribution is 7.80. The second-order valence-corrected chi connectivity index (χ2v) is 4.57. The van der Waals surface area contributed by atoms with E-state index in [1.807, 2.05) is 6.07 Å². The lowest BCUT2D eigenvalue weighted by Crippen LogP contribution is -1.99. The first-order chi connectivity index (χ1) is 6.81. The third-order valence-corrected chi connectivity index (χ3v) is 3.53. The second kappa shape index (κ2) is 4.54. The van der Waals surface area contributed by atoms with Crippen molar-refractivity contribution in [2.24, 2.45) is 0 Å². The zero-order valence-corrected chi connectivity index (χ0v) is 9.69. The number of alkyl halides is 1. The minimum absolute atomic E-state index is 0.458. The lowest BCUT2D eigenvalue weighted by molar-refractivity contribution is 0.691. The van der Waals surface area contributed by atoms with Crippen LogP contribution < -0.4 is 0 Å². The van der Waals surface area contributed by atoms with E-state index in [1.54, 1.807) is 0 Å². The van der Waals surface area contributed by atoms with Crippen LogP contribution in [0.3, 0.4) is 0 Å². The number of hydrogen-bond donors (Lipinski definition) is 1. The molecule has 0 atom stereocenters. The van der Waals surface area contributed by atoms with Gasteiger partial charge in [-0.25, -0.2) is 0 Å². The molecule has 2 rings (SSSR count). The van der Waals surface area contributed by atoms with Crippen LogP contribution in [0.25, 0.3) is 0 Å². The zero-order valence-electron chi connectivity index (χ0n) is 8.04. The van der Waals surface area contributed by atoms with E-state index in [-0.39, 0.29) is 0 Å². The monoisotopic (exact) mass is 227 g/mol. The predicted octanol–water partition coefficient (Wildman–Crippen LogP) is 3.77. The molecule has 0 amide bonds. The Hall–Kier alpha value is -0.210. The number of thiol groups is 1. The van der Waals surface area contributed by atoms with Crippen LogP contribution in [0.2, 0.25) is 0 Å². The molecule has 1 saturated carbocycles. The number of pyridine rings is 1. The number of nitrogens with zero attached hydrogens (tertiary/aromatic N) is 1. The number of hydrogen-bond acceptors (Lipinski definition) is 2. The van der Waals surface area contributed by atoms with Gasteiger partial charge in [0.2, 0.25) is 0 Å². The Bertz CT molecular complexity index is 321. The Morgan fingerprint density at radius 2 is 2.07 bits per heavy atom. The summed E-state index contributed by atoms with van der Waals surface area (Å²) < 4.78 is 0. The molecule has 0 spiro atoms. The molecule has 1 fully saturated rings. The second-order valence-electron chi connectivity index (χ2n) is 3.82. The molecule has 0 N–H and O–H groups in total. The van der Waals surface area contributed by atoms with Crippen LogP contribution in [0, 0.1) is 0 Å². The van der Waals surface area contributed by atoms with Crippen LogP contribution in [-0.2, 0) is 5.88 Å². The van der Waals surface area contributed by atoms with Crippen LogP contribution in [0.1, 0.15) is 43.0 Å². The van der Waals surface area contributed by atoms with E-state index in [2.05, 4.69) is 23.7 Å². The van der Waals surface area contributed by atoms with E-state index >= 15 is 0 Å². The van der Waals surface area contributed by atoms with Gasteiger partial charge in [0.25, 0.3) is 0 Å². The number of aromatic nitrogens is 1. The normalized spacial score (nSPS) is 17.6. The average molecular weight is 228 g/mol. The van der Waals surface area contributed by atoms with E-state index in [0.717, 1.165) is 10.6 Å². The third-order valence-electron chi connectivity index (χ3n) is 2.87. The molecule has 0 saturated heterocycles. The molecular formula is C11H14ClNS. The van der Waals surface area contributed by atoms with E-state index < -0.39 is 0 Å². The van der Waals surface area contributed by atoms with Gasteiger partial charge in [-0.05, 0) is 25.0 Å². The number of halogens is 1. The SMILES string of the molecule is Sc1ccc(C2CCCC2)nc1CCl. The molecule has 0 unspecified atom stereocenters. The molecule has 0 aromatic carbocycles. The molecule has 1 heterocycles. The molecule has 1 aliphatic rings. The fourth-order valence-corrected chi connectivity index (χ4v) is 2.56. The van der Waals surface area contributed by atoms with E-state index in [0.29, 0.717) is 11.8 Å². The van der Waals surface area contributed by atoms with Crippen LogP contribution >= 0.6 is 24.2 Å². The van der Waals surface area contributed by atoms with Gasteiger partial charge < -0.3 is 0 Å². The third kappa shape index (κ3) is 2.06. The van der Waals surface area contributed by atoms with Gasteiger partial charge >= 0.3 is 0 Å². The zero-order chi connectivity index (χ0) is 9.97. The van der Waals surface area contributed by atoms with E-state index in [4.69, 9.17) is 11.6 Å². The average Bonchev–Trinajstić information content (AvgIpc) is 2.71. The summed E-state index contributed by atoms with van der Waals surface area (Å²) in [6.45, 7) is 0. The number of rotatable bonds is 2. The van der Waals surface area contributed by atoms with Crippen molar-refractivity contribution in [3.05, 3.63) is 23.5 Å². The van der Waals surface area contributed by atoms with Crippen molar-refractivity contribution in [1.82, 2.24) is 4.98 Å². The van der Waals surface area contributed by atoms with Crippen molar-refractivity contribution in [3.8, 4) is 0 Å². The highest BCUT2D eigenvalue weighted by Gasteiger charge is 2.18. The standard InChI is InChI=1S/C11H14ClNS/c12-7-10-11(14)6-5-9(13-10)8-3-1-2-4-8/h5-6,8,14H,1-4,7H2. The highest BCUT2D eigenvalue weighted by Crippen LogP contribution is 2.33. The van der Waals surface area contributed by atoms with Crippen molar-refractivity contribution in [2.45, 2.75) is 42.4 Å². The van der Waals surface area contributed by atoms with E-state index in [1.165, 1.54) is 31.4 Å². The summed E-state index contributed by atoms with van der Waals surface area (Å²) in [5.41, 5.74) is 2.12. The van der Waals surface area contributed by atoms with Gasteiger partial charge in [0.05, 0.1) is 11.6 Å². The van der Waals surface area contributed by atoms with Gasteiger partial charge in [0.1, 0.15) is 0 Å². The topological polar surface area (TPSA) is 12.9 Å². The van der Waals surface area contributed by atoms with Crippen LogP contribution in [0.15, 0.2) is 17.0 Å². The quantitative estimate of drug-likeness (QED) is 0.600. The summed E-state index contributed by atoms with van der Waals surface area (Å²) in [7, 11) is 0. The van der Waals surface area contributed by atoms with Crippen LogP contribution in [0.4, 0.5) is 0 Å². The Balaban J connectivity index is 2.25. The van der Waals surface area contributed by atoms with E-state index in [9.17, 15) is 0 Å². The van der Waals surface area contributed by atoms with Crippen molar-refractivity contribution in [1.29, 1.82) is 0 Å². The first-order valence-electron chi connectivity index (χ1n) is 5.06. The summed E-state index contributed by atoms with van der Waals surface area (Å²) in [4.78, 5) is 5.47. The lowest BCUT2D eigenvalue weighted by atomic mass is 10.0. The molecule has 1 nitrogen and oxygen atoms in total. The molecule has 0 bridgehead atoms. The Kier molecular flexibility index (Phi) is 3.34. The first-order valence-corrected chi connectivity index (χ1v) is 6.04. The van der Waals surface area contributed by atoms with Gasteiger partial charge in [-0.2, -0.15) is 0 Å². The van der Waals surface area contributed by atoms with Gasteiger partial charge in [-0.15, -0.1) is 24.2 Å². The summed E-state index contributed by atoms with van der Waals surface area (Å²) in [6.07, 6.45) is 5.23. The molecule has 0 radical (unpaired) electrons. The van der Waals surface area contributed by atoms with Crippen molar-refractivity contribution < 1.29 is 0 Å². The minimum atomic E-state index is 0.458. The fourth-order valence-electron chi connectivity index (χ4n) is 2.06. The molecule has 14 heavy (non-hydrogen) atoms. The maximum absolute atomic E-state index is 5.80. The lowest BCUT2D eigenvalue weighted by Gasteiger charge is -2.10. The smallest absolute Gasteiger partial charge is 0.0687 e. The fraction of sp³-hybridized carbons (Fsp3) is 0.545. The van der Waals surface area contributed by atoms with Gasteiger partial charge in [-0.3, -0.25) is 4.98 Å². The maximum Gasteiger partial charge on any atom is 0.0687 e. The predicted molar refractivity (Wildman–Crippen MR) is 62.3 cm³/mol. The molecular weight excluding hydrogens is 214 g/mol.